The summed E-state index contributed by atoms with van der Waals surface area (Å²) < 4.78 is 14.2. The molecule has 1 aromatic heterocycles. The van der Waals surface area contributed by atoms with Crippen molar-refractivity contribution in [3.8, 4) is 0 Å². The van der Waals surface area contributed by atoms with Crippen LogP contribution >= 0.6 is 27.5 Å². The van der Waals surface area contributed by atoms with E-state index in [9.17, 15) is 4.39 Å². The maximum atomic E-state index is 13.5. The number of halogens is 3. The smallest absolute Gasteiger partial charge is 0.162 e. The zero-order valence-electron chi connectivity index (χ0n) is 7.18. The molecule has 0 bridgehead atoms. The second-order valence-corrected chi connectivity index (χ2v) is 4.16. The molecule has 14 heavy (non-hydrogen) atoms. The molecule has 72 valence electrons. The minimum Gasteiger partial charge on any atom is -0.206 e. The number of rotatable bonds is 0. The maximum Gasteiger partial charge on any atom is 0.162 e. The quantitative estimate of drug-likeness (QED) is 0.735. The van der Waals surface area contributed by atoms with Gasteiger partial charge in [-0.25, -0.2) is 4.39 Å². The van der Waals surface area contributed by atoms with Gasteiger partial charge in [-0.2, -0.15) is 5.10 Å². The Morgan fingerprint density at radius 3 is 2.79 bits per heavy atom. The van der Waals surface area contributed by atoms with Gasteiger partial charge in [0.1, 0.15) is 5.82 Å². The van der Waals surface area contributed by atoms with E-state index in [-0.39, 0.29) is 5.15 Å². The molecule has 0 saturated heterocycles. The van der Waals surface area contributed by atoms with Crippen molar-refractivity contribution in [1.82, 2.24) is 10.2 Å². The molecule has 0 fully saturated rings. The first-order valence-electron chi connectivity index (χ1n) is 3.87. The molecule has 0 aliphatic heterocycles. The molecule has 0 N–H and O–H groups in total. The van der Waals surface area contributed by atoms with E-state index in [4.69, 9.17) is 11.6 Å². The Morgan fingerprint density at radius 2 is 2.07 bits per heavy atom. The van der Waals surface area contributed by atoms with Gasteiger partial charge in [0.25, 0.3) is 0 Å². The van der Waals surface area contributed by atoms with Gasteiger partial charge < -0.3 is 0 Å². The number of hydrogen-bond donors (Lipinski definition) is 0. The Balaban J connectivity index is 3.00. The summed E-state index contributed by atoms with van der Waals surface area (Å²) in [6, 6.07) is 3.13. The van der Waals surface area contributed by atoms with Crippen LogP contribution in [0.1, 0.15) is 5.69 Å². The van der Waals surface area contributed by atoms with Gasteiger partial charge in [-0.1, -0.05) is 27.5 Å². The molecule has 2 rings (SSSR count). The Morgan fingerprint density at radius 1 is 1.36 bits per heavy atom. The van der Waals surface area contributed by atoms with Crippen LogP contribution < -0.4 is 0 Å². The SMILES string of the molecule is Cc1nnc(Cl)c2c(F)cc(Br)cc12. The highest BCUT2D eigenvalue weighted by molar-refractivity contribution is 9.10. The molecule has 0 atom stereocenters. The zero-order valence-corrected chi connectivity index (χ0v) is 9.52. The molecular weight excluding hydrogens is 270 g/mol. The Bertz CT molecular complexity index is 516. The lowest BCUT2D eigenvalue weighted by atomic mass is 10.1. The molecule has 0 unspecified atom stereocenters. The van der Waals surface area contributed by atoms with Crippen LogP contribution in [0.25, 0.3) is 10.8 Å². The van der Waals surface area contributed by atoms with Crippen LogP contribution in [-0.4, -0.2) is 10.2 Å². The molecule has 0 saturated carbocycles. The lowest BCUT2D eigenvalue weighted by Gasteiger charge is -2.03. The van der Waals surface area contributed by atoms with E-state index in [0.717, 1.165) is 0 Å². The van der Waals surface area contributed by atoms with E-state index in [2.05, 4.69) is 26.1 Å². The minimum atomic E-state index is -0.391. The number of benzene rings is 1. The van der Waals surface area contributed by atoms with Crippen molar-refractivity contribution in [3.05, 3.63) is 33.3 Å². The highest BCUT2D eigenvalue weighted by Crippen LogP contribution is 2.28. The number of fused-ring (bicyclic) bond motifs is 1. The normalized spacial score (nSPS) is 10.9. The summed E-state index contributed by atoms with van der Waals surface area (Å²) in [6.07, 6.45) is 0. The molecule has 0 aliphatic rings. The van der Waals surface area contributed by atoms with E-state index in [1.807, 2.05) is 0 Å². The summed E-state index contributed by atoms with van der Waals surface area (Å²) in [5, 5.41) is 8.57. The maximum absolute atomic E-state index is 13.5. The molecule has 2 nitrogen and oxygen atoms in total. The molecule has 5 heteroatoms. The third kappa shape index (κ3) is 1.48. The molecule has 0 spiro atoms. The molecule has 0 radical (unpaired) electrons. The van der Waals surface area contributed by atoms with Gasteiger partial charge in [0, 0.05) is 9.86 Å². The van der Waals surface area contributed by atoms with Crippen molar-refractivity contribution in [3.63, 3.8) is 0 Å². The lowest BCUT2D eigenvalue weighted by Crippen LogP contribution is -1.92. The fourth-order valence-corrected chi connectivity index (χ4v) is 1.95. The molecule has 0 amide bonds. The highest BCUT2D eigenvalue weighted by Gasteiger charge is 2.10. The van der Waals surface area contributed by atoms with Crippen molar-refractivity contribution >= 4 is 38.3 Å². The highest BCUT2D eigenvalue weighted by atomic mass is 79.9. The number of hydrogen-bond acceptors (Lipinski definition) is 2. The van der Waals surface area contributed by atoms with Gasteiger partial charge >= 0.3 is 0 Å². The number of aryl methyl sites for hydroxylation is 1. The predicted molar refractivity (Wildman–Crippen MR) is 56.9 cm³/mol. The molecule has 1 aromatic carbocycles. The van der Waals surface area contributed by atoms with Gasteiger partial charge in [0.2, 0.25) is 0 Å². The molecular formula is C9H5BrClFN2. The van der Waals surface area contributed by atoms with Crippen LogP contribution in [0.4, 0.5) is 4.39 Å². The largest absolute Gasteiger partial charge is 0.206 e. The third-order valence-electron chi connectivity index (χ3n) is 1.94. The predicted octanol–water partition coefficient (Wildman–Crippen LogP) is 3.49. The van der Waals surface area contributed by atoms with Crippen LogP contribution in [0, 0.1) is 12.7 Å². The Labute approximate surface area is 93.2 Å². The van der Waals surface area contributed by atoms with Crippen molar-refractivity contribution in [1.29, 1.82) is 0 Å². The average molecular weight is 276 g/mol. The monoisotopic (exact) mass is 274 g/mol. The standard InChI is InChI=1S/C9H5BrClFN2/c1-4-6-2-5(10)3-7(12)8(6)9(11)14-13-4/h2-3H,1H3. The minimum absolute atomic E-state index is 0.0931. The third-order valence-corrected chi connectivity index (χ3v) is 2.66. The zero-order chi connectivity index (χ0) is 10.3. The number of aromatic nitrogens is 2. The fourth-order valence-electron chi connectivity index (χ4n) is 1.29. The van der Waals surface area contributed by atoms with E-state index in [1.165, 1.54) is 6.07 Å². The van der Waals surface area contributed by atoms with Gasteiger partial charge in [-0.15, -0.1) is 5.10 Å². The van der Waals surface area contributed by atoms with Crippen molar-refractivity contribution in [2.75, 3.05) is 0 Å². The van der Waals surface area contributed by atoms with E-state index in [1.54, 1.807) is 13.0 Å². The van der Waals surface area contributed by atoms with Crippen molar-refractivity contribution in [2.24, 2.45) is 0 Å². The van der Waals surface area contributed by atoms with Crippen LogP contribution in [-0.2, 0) is 0 Å². The second kappa shape index (κ2) is 3.44. The van der Waals surface area contributed by atoms with Crippen molar-refractivity contribution in [2.45, 2.75) is 6.92 Å². The van der Waals surface area contributed by atoms with Gasteiger partial charge in [-0.05, 0) is 19.1 Å². The lowest BCUT2D eigenvalue weighted by molar-refractivity contribution is 0.638. The summed E-state index contributed by atoms with van der Waals surface area (Å²) in [6.45, 7) is 1.76. The topological polar surface area (TPSA) is 25.8 Å². The summed E-state index contributed by atoms with van der Waals surface area (Å²) in [5.74, 6) is -0.391. The second-order valence-electron chi connectivity index (χ2n) is 2.89. The molecule has 0 aliphatic carbocycles. The van der Waals surface area contributed by atoms with E-state index < -0.39 is 5.82 Å². The van der Waals surface area contributed by atoms with E-state index >= 15 is 0 Å². The summed E-state index contributed by atoms with van der Waals surface area (Å²) >= 11 is 8.97. The van der Waals surface area contributed by atoms with E-state index in [0.29, 0.717) is 20.9 Å². The van der Waals surface area contributed by atoms with Crippen LogP contribution in [0.2, 0.25) is 5.15 Å². The molecule has 1 heterocycles. The molecule has 2 aromatic rings. The first-order valence-corrected chi connectivity index (χ1v) is 5.04. The van der Waals surface area contributed by atoms with Crippen LogP contribution in [0.5, 0.6) is 0 Å². The summed E-state index contributed by atoms with van der Waals surface area (Å²) in [4.78, 5) is 0. The Kier molecular flexibility index (Phi) is 2.41. The van der Waals surface area contributed by atoms with Gasteiger partial charge in [0.15, 0.2) is 5.15 Å². The van der Waals surface area contributed by atoms with Crippen LogP contribution in [0.15, 0.2) is 16.6 Å². The van der Waals surface area contributed by atoms with Crippen LogP contribution in [0.3, 0.4) is 0 Å². The van der Waals surface area contributed by atoms with Gasteiger partial charge in [-0.3, -0.25) is 0 Å². The van der Waals surface area contributed by atoms with Crippen molar-refractivity contribution < 1.29 is 4.39 Å². The first kappa shape index (κ1) is 9.80. The summed E-state index contributed by atoms with van der Waals surface area (Å²) in [7, 11) is 0. The average Bonchev–Trinajstić information content (AvgIpc) is 2.10. The Hall–Kier alpha value is -0.740. The number of nitrogens with zero attached hydrogens (tertiary/aromatic N) is 2. The first-order chi connectivity index (χ1) is 6.59. The summed E-state index contributed by atoms with van der Waals surface area (Å²) in [5.41, 5.74) is 0.657. The fraction of sp³-hybridized carbons (Fsp3) is 0.111. The van der Waals surface area contributed by atoms with Gasteiger partial charge in [0.05, 0.1) is 11.1 Å².